The molecule has 0 bridgehead atoms. The van der Waals surface area contributed by atoms with Crippen LogP contribution in [0.15, 0.2) is 48.5 Å². The van der Waals surface area contributed by atoms with Crippen LogP contribution in [-0.2, 0) is 6.61 Å². The third kappa shape index (κ3) is 2.35. The van der Waals surface area contributed by atoms with Gasteiger partial charge in [0.25, 0.3) is 0 Å². The Morgan fingerprint density at radius 1 is 1.21 bits per heavy atom. The van der Waals surface area contributed by atoms with E-state index in [1.807, 2.05) is 36.4 Å². The number of rotatable bonds is 2. The summed E-state index contributed by atoms with van der Waals surface area (Å²) in [5.41, 5.74) is 3.49. The Labute approximate surface area is 139 Å². The maximum atomic E-state index is 11.3. The van der Waals surface area contributed by atoms with Crippen LogP contribution < -0.4 is 4.74 Å². The van der Waals surface area contributed by atoms with Gasteiger partial charge in [-0.25, -0.2) is 4.79 Å². The molecule has 118 valence electrons. The Balaban J connectivity index is 1.94. The molecule has 0 spiro atoms. The van der Waals surface area contributed by atoms with E-state index >= 15 is 0 Å². The number of hydrogen-bond acceptors (Lipinski definition) is 3. The van der Waals surface area contributed by atoms with E-state index < -0.39 is 11.4 Å². The summed E-state index contributed by atoms with van der Waals surface area (Å²) >= 11 is 0. The fraction of sp³-hybridized carbons (Fsp3) is 0.200. The third-order valence-corrected chi connectivity index (χ3v) is 4.63. The van der Waals surface area contributed by atoms with Crippen molar-refractivity contribution in [1.29, 1.82) is 5.26 Å². The Bertz CT molecular complexity index is 917. The van der Waals surface area contributed by atoms with Crippen LogP contribution in [0.1, 0.15) is 39.9 Å². The average Bonchev–Trinajstić information content (AvgIpc) is 3.39. The first kappa shape index (κ1) is 14.5. The molecule has 2 aromatic carbocycles. The zero-order valence-corrected chi connectivity index (χ0v) is 13.0. The Hall–Kier alpha value is -3.06. The molecule has 2 aliphatic rings. The molecule has 4 rings (SSSR count). The molecule has 1 N–H and O–H groups in total. The summed E-state index contributed by atoms with van der Waals surface area (Å²) in [5, 5.41) is 18.7. The zero-order chi connectivity index (χ0) is 16.7. The number of nitrogens with zero attached hydrogens (tertiary/aromatic N) is 1. The van der Waals surface area contributed by atoms with E-state index in [2.05, 4.69) is 6.07 Å². The fourth-order valence-corrected chi connectivity index (χ4v) is 3.08. The largest absolute Gasteiger partial charge is 0.488 e. The first-order valence-corrected chi connectivity index (χ1v) is 7.85. The van der Waals surface area contributed by atoms with Gasteiger partial charge in [0.2, 0.25) is 0 Å². The van der Waals surface area contributed by atoms with Gasteiger partial charge < -0.3 is 9.84 Å². The van der Waals surface area contributed by atoms with Gasteiger partial charge in [0.05, 0.1) is 17.0 Å². The zero-order valence-electron chi connectivity index (χ0n) is 13.0. The van der Waals surface area contributed by atoms with E-state index in [0.717, 1.165) is 40.9 Å². The monoisotopic (exact) mass is 317 g/mol. The van der Waals surface area contributed by atoms with E-state index in [0.29, 0.717) is 6.61 Å². The molecular weight excluding hydrogens is 302 g/mol. The molecule has 0 aromatic heterocycles. The summed E-state index contributed by atoms with van der Waals surface area (Å²) < 4.78 is 5.89. The standard InChI is InChI=1S/C20H15NO3/c21-12-20(7-8-20)10-17-15-6-5-13(19(22)23)9-14(15)11-24-18-4-2-1-3-16(17)18/h1-6,9-10H,7-8,11H2,(H,22,23)/b17-10-. The van der Waals surface area contributed by atoms with Crippen molar-refractivity contribution in [2.45, 2.75) is 19.4 Å². The van der Waals surface area contributed by atoms with Crippen molar-refractivity contribution in [3.63, 3.8) is 0 Å². The lowest BCUT2D eigenvalue weighted by Crippen LogP contribution is -2.02. The van der Waals surface area contributed by atoms with Crippen LogP contribution in [0, 0.1) is 16.7 Å². The molecule has 0 radical (unpaired) electrons. The van der Waals surface area contributed by atoms with Gasteiger partial charge >= 0.3 is 5.97 Å². The highest BCUT2D eigenvalue weighted by Gasteiger charge is 2.42. The van der Waals surface area contributed by atoms with Gasteiger partial charge in [-0.2, -0.15) is 5.26 Å². The molecular formula is C20H15NO3. The van der Waals surface area contributed by atoms with Crippen LogP contribution in [0.2, 0.25) is 0 Å². The number of benzene rings is 2. The number of fused-ring (bicyclic) bond motifs is 2. The quantitative estimate of drug-likeness (QED) is 0.908. The number of carboxylic acids is 1. The van der Waals surface area contributed by atoms with Gasteiger partial charge in [0.1, 0.15) is 12.4 Å². The minimum Gasteiger partial charge on any atom is -0.488 e. The number of allylic oxidation sites excluding steroid dienone is 1. The van der Waals surface area contributed by atoms with Gasteiger partial charge in [-0.3, -0.25) is 0 Å². The number of carbonyl (C=O) groups is 1. The third-order valence-electron chi connectivity index (χ3n) is 4.63. The van der Waals surface area contributed by atoms with Gasteiger partial charge in [-0.15, -0.1) is 0 Å². The first-order chi connectivity index (χ1) is 11.6. The van der Waals surface area contributed by atoms with E-state index in [4.69, 9.17) is 4.74 Å². The molecule has 1 aliphatic carbocycles. The summed E-state index contributed by atoms with van der Waals surface area (Å²) in [4.78, 5) is 11.3. The molecule has 0 unspecified atom stereocenters. The van der Waals surface area contributed by atoms with Crippen LogP contribution in [0.4, 0.5) is 0 Å². The van der Waals surface area contributed by atoms with Crippen LogP contribution in [0.5, 0.6) is 5.75 Å². The average molecular weight is 317 g/mol. The van der Waals surface area contributed by atoms with Gasteiger partial charge in [0, 0.05) is 5.56 Å². The van der Waals surface area contributed by atoms with Gasteiger partial charge in [-0.1, -0.05) is 30.3 Å². The molecule has 0 atom stereocenters. The van der Waals surface area contributed by atoms with Crippen molar-refractivity contribution in [1.82, 2.24) is 0 Å². The number of carboxylic acid groups (broad SMARTS) is 1. The van der Waals surface area contributed by atoms with Gasteiger partial charge in [0.15, 0.2) is 0 Å². The van der Waals surface area contributed by atoms with E-state index in [1.165, 1.54) is 0 Å². The Kier molecular flexibility index (Phi) is 3.17. The molecule has 0 saturated heterocycles. The minimum absolute atomic E-state index is 0.240. The number of nitriles is 1. The molecule has 0 amide bonds. The summed E-state index contributed by atoms with van der Waals surface area (Å²) in [6, 6.07) is 15.2. The maximum Gasteiger partial charge on any atom is 0.335 e. The van der Waals surface area contributed by atoms with E-state index in [-0.39, 0.29) is 5.56 Å². The molecule has 1 heterocycles. The van der Waals surface area contributed by atoms with E-state index in [1.54, 1.807) is 12.1 Å². The summed E-state index contributed by atoms with van der Waals surface area (Å²) in [6.07, 6.45) is 3.75. The van der Waals surface area contributed by atoms with E-state index in [9.17, 15) is 15.2 Å². The Morgan fingerprint density at radius 3 is 2.71 bits per heavy atom. The normalized spacial score (nSPS) is 18.5. The van der Waals surface area contributed by atoms with Crippen molar-refractivity contribution in [3.05, 3.63) is 70.8 Å². The lowest BCUT2D eigenvalue weighted by atomic mass is 9.90. The second-order valence-corrected chi connectivity index (χ2v) is 6.29. The molecule has 2 aromatic rings. The molecule has 24 heavy (non-hydrogen) atoms. The van der Waals surface area contributed by atoms with Crippen LogP contribution >= 0.6 is 0 Å². The second-order valence-electron chi connectivity index (χ2n) is 6.29. The summed E-state index contributed by atoms with van der Waals surface area (Å²) in [7, 11) is 0. The molecule has 1 saturated carbocycles. The summed E-state index contributed by atoms with van der Waals surface area (Å²) in [6.45, 7) is 0.310. The predicted molar refractivity (Wildman–Crippen MR) is 88.5 cm³/mol. The van der Waals surface area contributed by atoms with Crippen LogP contribution in [-0.4, -0.2) is 11.1 Å². The number of aromatic carboxylic acids is 1. The number of hydrogen-bond donors (Lipinski definition) is 1. The first-order valence-electron chi connectivity index (χ1n) is 7.85. The van der Waals surface area contributed by atoms with Gasteiger partial charge in [-0.05, 0) is 47.7 Å². The highest BCUT2D eigenvalue weighted by molar-refractivity contribution is 5.91. The van der Waals surface area contributed by atoms with Crippen molar-refractivity contribution in [3.8, 4) is 11.8 Å². The fourth-order valence-electron chi connectivity index (χ4n) is 3.08. The lowest BCUT2D eigenvalue weighted by Gasteiger charge is -2.12. The molecule has 1 fully saturated rings. The van der Waals surface area contributed by atoms with Crippen molar-refractivity contribution in [2.75, 3.05) is 0 Å². The predicted octanol–water partition coefficient (Wildman–Crippen LogP) is 4.01. The Morgan fingerprint density at radius 2 is 2.00 bits per heavy atom. The van der Waals surface area contributed by atoms with Crippen LogP contribution in [0.3, 0.4) is 0 Å². The lowest BCUT2D eigenvalue weighted by molar-refractivity contribution is 0.0696. The highest BCUT2D eigenvalue weighted by atomic mass is 16.5. The molecule has 4 heteroatoms. The topological polar surface area (TPSA) is 70.3 Å². The number of ether oxygens (including phenoxy) is 1. The molecule has 1 aliphatic heterocycles. The molecule has 4 nitrogen and oxygen atoms in total. The number of para-hydroxylation sites is 1. The smallest absolute Gasteiger partial charge is 0.335 e. The van der Waals surface area contributed by atoms with Crippen LogP contribution in [0.25, 0.3) is 5.57 Å². The maximum absolute atomic E-state index is 11.3. The SMILES string of the molecule is N#CC1(/C=C2/c3ccc(C(=O)O)cc3COc3ccccc32)CC1. The van der Waals surface area contributed by atoms with Crippen molar-refractivity contribution in [2.24, 2.45) is 5.41 Å². The second kappa shape index (κ2) is 5.24. The van der Waals surface area contributed by atoms with Crippen molar-refractivity contribution >= 4 is 11.5 Å². The highest BCUT2D eigenvalue weighted by Crippen LogP contribution is 2.50. The minimum atomic E-state index is -0.958. The van der Waals surface area contributed by atoms with Crippen molar-refractivity contribution < 1.29 is 14.6 Å². The summed E-state index contributed by atoms with van der Waals surface area (Å²) in [5.74, 6) is -0.202.